The summed E-state index contributed by atoms with van der Waals surface area (Å²) in [5, 5.41) is 10.2. The van der Waals surface area contributed by atoms with Gasteiger partial charge in [-0.25, -0.2) is 4.39 Å². The fourth-order valence-electron chi connectivity index (χ4n) is 2.13. The molecule has 0 aliphatic heterocycles. The summed E-state index contributed by atoms with van der Waals surface area (Å²) in [5.41, 5.74) is 2.59. The van der Waals surface area contributed by atoms with E-state index < -0.39 is 6.10 Å². The molecule has 0 fully saturated rings. The number of hydrogen-bond donors (Lipinski definition) is 1. The van der Waals surface area contributed by atoms with Crippen LogP contribution in [-0.4, -0.2) is 5.11 Å². The van der Waals surface area contributed by atoms with Gasteiger partial charge in [0.25, 0.3) is 0 Å². The van der Waals surface area contributed by atoms with Gasteiger partial charge < -0.3 is 5.11 Å². The molecule has 0 heterocycles. The molecule has 0 aromatic heterocycles. The second-order valence-corrected chi connectivity index (χ2v) is 5.73. The summed E-state index contributed by atoms with van der Waals surface area (Å²) in [6.07, 6.45) is 0.168. The van der Waals surface area contributed by atoms with Crippen molar-refractivity contribution in [3.05, 3.63) is 34.6 Å². The second kappa shape index (κ2) is 4.54. The molecule has 1 nitrogen and oxygen atoms in total. The van der Waals surface area contributed by atoms with Gasteiger partial charge >= 0.3 is 0 Å². The Morgan fingerprint density at radius 1 is 1.19 bits per heavy atom. The van der Waals surface area contributed by atoms with Crippen molar-refractivity contribution in [3.8, 4) is 0 Å². The van der Waals surface area contributed by atoms with Crippen LogP contribution in [0.2, 0.25) is 0 Å². The quantitative estimate of drug-likeness (QED) is 0.807. The van der Waals surface area contributed by atoms with Gasteiger partial charge in [-0.1, -0.05) is 20.8 Å². The Hall–Kier alpha value is -0.890. The summed E-state index contributed by atoms with van der Waals surface area (Å²) in [6.45, 7) is 9.95. The van der Waals surface area contributed by atoms with Gasteiger partial charge in [-0.3, -0.25) is 0 Å². The van der Waals surface area contributed by atoms with Crippen molar-refractivity contribution in [2.24, 2.45) is 5.41 Å². The molecule has 90 valence electrons. The van der Waals surface area contributed by atoms with Crippen LogP contribution in [0, 0.1) is 25.1 Å². The molecule has 0 saturated heterocycles. The summed E-state index contributed by atoms with van der Waals surface area (Å²) >= 11 is 0. The Bertz CT molecular complexity index is 354. The molecule has 1 aromatic rings. The molecule has 16 heavy (non-hydrogen) atoms. The van der Waals surface area contributed by atoms with Crippen molar-refractivity contribution in [1.29, 1.82) is 0 Å². The number of aryl methyl sites for hydroxylation is 2. The van der Waals surface area contributed by atoms with Gasteiger partial charge in [0, 0.05) is 0 Å². The maximum absolute atomic E-state index is 13.1. The zero-order valence-corrected chi connectivity index (χ0v) is 10.8. The number of halogens is 1. The third-order valence-corrected chi connectivity index (χ3v) is 2.70. The lowest BCUT2D eigenvalue weighted by molar-refractivity contribution is 0.121. The summed E-state index contributed by atoms with van der Waals surface area (Å²) in [4.78, 5) is 0. The van der Waals surface area contributed by atoms with Crippen LogP contribution in [0.1, 0.15) is 50.0 Å². The highest BCUT2D eigenvalue weighted by atomic mass is 19.1. The molecule has 1 unspecified atom stereocenters. The fourth-order valence-corrected chi connectivity index (χ4v) is 2.13. The number of rotatable bonds is 2. The predicted octanol–water partition coefficient (Wildman–Crippen LogP) is 3.91. The molecule has 0 aliphatic rings. The van der Waals surface area contributed by atoms with Crippen LogP contribution in [0.5, 0.6) is 0 Å². The van der Waals surface area contributed by atoms with E-state index in [9.17, 15) is 9.50 Å². The summed E-state index contributed by atoms with van der Waals surface area (Å²) in [6, 6.07) is 2.96. The van der Waals surface area contributed by atoms with Crippen LogP contribution >= 0.6 is 0 Å². The largest absolute Gasteiger partial charge is 0.388 e. The zero-order chi connectivity index (χ0) is 12.5. The Morgan fingerprint density at radius 2 is 1.62 bits per heavy atom. The number of hydrogen-bond acceptors (Lipinski definition) is 1. The van der Waals surface area contributed by atoms with Crippen molar-refractivity contribution in [2.45, 2.75) is 47.1 Å². The molecule has 0 spiro atoms. The van der Waals surface area contributed by atoms with Gasteiger partial charge in [-0.05, 0) is 54.5 Å². The van der Waals surface area contributed by atoms with Crippen LogP contribution in [0.4, 0.5) is 4.39 Å². The van der Waals surface area contributed by atoms with E-state index in [2.05, 4.69) is 20.8 Å². The molecule has 1 atom stereocenters. The SMILES string of the molecule is Cc1cc(F)cc(C)c1C(O)CC(C)(C)C. The molecule has 1 N–H and O–H groups in total. The van der Waals surface area contributed by atoms with Crippen LogP contribution < -0.4 is 0 Å². The van der Waals surface area contributed by atoms with E-state index in [-0.39, 0.29) is 11.2 Å². The van der Waals surface area contributed by atoms with Crippen molar-refractivity contribution in [1.82, 2.24) is 0 Å². The van der Waals surface area contributed by atoms with Crippen molar-refractivity contribution < 1.29 is 9.50 Å². The van der Waals surface area contributed by atoms with Gasteiger partial charge in [-0.2, -0.15) is 0 Å². The molecule has 0 amide bonds. The lowest BCUT2D eigenvalue weighted by atomic mass is 9.84. The normalized spacial score (nSPS) is 13.9. The van der Waals surface area contributed by atoms with Crippen molar-refractivity contribution >= 4 is 0 Å². The monoisotopic (exact) mass is 224 g/mol. The third kappa shape index (κ3) is 3.31. The van der Waals surface area contributed by atoms with Gasteiger partial charge in [0.2, 0.25) is 0 Å². The summed E-state index contributed by atoms with van der Waals surface area (Å²) in [7, 11) is 0. The topological polar surface area (TPSA) is 20.2 Å². The van der Waals surface area contributed by atoms with E-state index in [1.165, 1.54) is 12.1 Å². The maximum atomic E-state index is 13.1. The Kier molecular flexibility index (Phi) is 3.74. The third-order valence-electron chi connectivity index (χ3n) is 2.70. The minimum Gasteiger partial charge on any atom is -0.388 e. The Morgan fingerprint density at radius 3 is 2.00 bits per heavy atom. The van der Waals surface area contributed by atoms with Gasteiger partial charge in [-0.15, -0.1) is 0 Å². The van der Waals surface area contributed by atoms with E-state index >= 15 is 0 Å². The standard InChI is InChI=1S/C14H21FO/c1-9-6-11(15)7-10(2)13(9)12(16)8-14(3,4)5/h6-7,12,16H,8H2,1-5H3. The first-order valence-corrected chi connectivity index (χ1v) is 5.65. The van der Waals surface area contributed by atoms with Crippen LogP contribution in [0.3, 0.4) is 0 Å². The van der Waals surface area contributed by atoms with Crippen LogP contribution in [-0.2, 0) is 0 Å². The lowest BCUT2D eigenvalue weighted by Gasteiger charge is -2.24. The van der Waals surface area contributed by atoms with E-state index in [0.717, 1.165) is 16.7 Å². The highest BCUT2D eigenvalue weighted by Crippen LogP contribution is 2.32. The number of aliphatic hydroxyl groups excluding tert-OH is 1. The van der Waals surface area contributed by atoms with Crippen LogP contribution in [0.25, 0.3) is 0 Å². The molecule has 2 heteroatoms. The first-order valence-electron chi connectivity index (χ1n) is 5.65. The van der Waals surface area contributed by atoms with Crippen molar-refractivity contribution in [2.75, 3.05) is 0 Å². The first-order chi connectivity index (χ1) is 7.20. The van der Waals surface area contributed by atoms with Gasteiger partial charge in [0.1, 0.15) is 5.82 Å². The number of aliphatic hydroxyl groups is 1. The van der Waals surface area contributed by atoms with E-state index in [1.54, 1.807) is 0 Å². The molecule has 1 aromatic carbocycles. The minimum absolute atomic E-state index is 0.0622. The second-order valence-electron chi connectivity index (χ2n) is 5.73. The molecular formula is C14H21FO. The minimum atomic E-state index is -0.513. The maximum Gasteiger partial charge on any atom is 0.123 e. The zero-order valence-electron chi connectivity index (χ0n) is 10.8. The highest BCUT2D eigenvalue weighted by molar-refractivity contribution is 5.36. The van der Waals surface area contributed by atoms with E-state index in [1.807, 2.05) is 13.8 Å². The summed E-state index contributed by atoms with van der Waals surface area (Å²) < 4.78 is 13.1. The van der Waals surface area contributed by atoms with E-state index in [4.69, 9.17) is 0 Å². The molecule has 0 bridgehead atoms. The Labute approximate surface area is 97.3 Å². The predicted molar refractivity (Wildman–Crippen MR) is 64.9 cm³/mol. The number of benzene rings is 1. The first kappa shape index (κ1) is 13.2. The summed E-state index contributed by atoms with van der Waals surface area (Å²) in [5.74, 6) is -0.235. The smallest absolute Gasteiger partial charge is 0.123 e. The van der Waals surface area contributed by atoms with Gasteiger partial charge in [0.15, 0.2) is 0 Å². The Balaban J connectivity index is 3.04. The van der Waals surface area contributed by atoms with Crippen LogP contribution in [0.15, 0.2) is 12.1 Å². The average Bonchev–Trinajstić information content (AvgIpc) is 1.96. The van der Waals surface area contributed by atoms with Gasteiger partial charge in [0.05, 0.1) is 6.10 Å². The molecule has 0 saturated carbocycles. The molecule has 0 radical (unpaired) electrons. The lowest BCUT2D eigenvalue weighted by Crippen LogP contribution is -2.13. The average molecular weight is 224 g/mol. The molecular weight excluding hydrogens is 203 g/mol. The fraction of sp³-hybridized carbons (Fsp3) is 0.571. The molecule has 1 rings (SSSR count). The molecule has 0 aliphatic carbocycles. The van der Waals surface area contributed by atoms with Crippen molar-refractivity contribution in [3.63, 3.8) is 0 Å². The van der Waals surface area contributed by atoms with E-state index in [0.29, 0.717) is 6.42 Å². The highest BCUT2D eigenvalue weighted by Gasteiger charge is 2.21.